The first-order valence-electron chi connectivity index (χ1n) is 7.22. The maximum absolute atomic E-state index is 12.3. The molecule has 3 unspecified atom stereocenters. The SMILES string of the molecule is CC1CCC(C(=O)N2CCCC(CCC(=O)O)C2)O1. The molecule has 3 atom stereocenters. The van der Waals surface area contributed by atoms with Gasteiger partial charge in [0.15, 0.2) is 0 Å². The molecule has 0 aromatic carbocycles. The highest BCUT2D eigenvalue weighted by Crippen LogP contribution is 2.25. The van der Waals surface area contributed by atoms with Gasteiger partial charge >= 0.3 is 5.97 Å². The maximum atomic E-state index is 12.3. The lowest BCUT2D eigenvalue weighted by Crippen LogP contribution is -2.45. The van der Waals surface area contributed by atoms with Gasteiger partial charge in [-0.25, -0.2) is 0 Å². The quantitative estimate of drug-likeness (QED) is 0.843. The molecule has 2 rings (SSSR count). The van der Waals surface area contributed by atoms with Gasteiger partial charge in [-0.1, -0.05) is 0 Å². The zero-order valence-electron chi connectivity index (χ0n) is 11.5. The van der Waals surface area contributed by atoms with Crippen molar-refractivity contribution in [2.45, 2.75) is 57.7 Å². The number of hydrogen-bond donors (Lipinski definition) is 1. The van der Waals surface area contributed by atoms with Gasteiger partial charge in [0.2, 0.25) is 0 Å². The molecular weight excluding hydrogens is 246 g/mol. The highest BCUT2D eigenvalue weighted by atomic mass is 16.5. The van der Waals surface area contributed by atoms with Crippen LogP contribution in [-0.4, -0.2) is 47.2 Å². The fraction of sp³-hybridized carbons (Fsp3) is 0.857. The minimum absolute atomic E-state index is 0.101. The first-order chi connectivity index (χ1) is 9.06. The van der Waals surface area contributed by atoms with Gasteiger partial charge in [0.25, 0.3) is 5.91 Å². The Labute approximate surface area is 113 Å². The Morgan fingerprint density at radius 2 is 2.11 bits per heavy atom. The zero-order chi connectivity index (χ0) is 13.8. The Balaban J connectivity index is 1.83. The van der Waals surface area contributed by atoms with Crippen LogP contribution in [0.5, 0.6) is 0 Å². The van der Waals surface area contributed by atoms with Crippen LogP contribution < -0.4 is 0 Å². The number of nitrogens with zero attached hydrogens (tertiary/aromatic N) is 1. The summed E-state index contributed by atoms with van der Waals surface area (Å²) < 4.78 is 5.62. The predicted octanol–water partition coefficient (Wildman–Crippen LogP) is 1.66. The number of hydrogen-bond acceptors (Lipinski definition) is 3. The standard InChI is InChI=1S/C14H23NO4/c1-10-4-6-12(19-10)14(18)15-8-2-3-11(9-15)5-7-13(16)17/h10-12H,2-9H2,1H3,(H,16,17). The Kier molecular flexibility index (Phi) is 4.80. The van der Waals surface area contributed by atoms with E-state index < -0.39 is 5.97 Å². The average Bonchev–Trinajstić information content (AvgIpc) is 2.82. The fourth-order valence-corrected chi connectivity index (χ4v) is 3.02. The lowest BCUT2D eigenvalue weighted by atomic mass is 9.93. The van der Waals surface area contributed by atoms with Crippen molar-refractivity contribution in [3.05, 3.63) is 0 Å². The molecule has 0 aromatic rings. The third-order valence-electron chi connectivity index (χ3n) is 4.10. The molecule has 1 amide bonds. The van der Waals surface area contributed by atoms with Crippen LogP contribution in [0.15, 0.2) is 0 Å². The van der Waals surface area contributed by atoms with Gasteiger partial charge in [-0.05, 0) is 44.9 Å². The number of rotatable bonds is 4. The highest BCUT2D eigenvalue weighted by Gasteiger charge is 2.33. The number of carbonyl (C=O) groups excluding carboxylic acids is 1. The van der Waals surface area contributed by atoms with Gasteiger partial charge in [-0.3, -0.25) is 9.59 Å². The Bertz CT molecular complexity index is 344. The predicted molar refractivity (Wildman–Crippen MR) is 69.7 cm³/mol. The molecule has 5 heteroatoms. The molecule has 0 aliphatic carbocycles. The van der Waals surface area contributed by atoms with E-state index in [1.54, 1.807) is 0 Å². The van der Waals surface area contributed by atoms with Crippen molar-refractivity contribution in [3.8, 4) is 0 Å². The van der Waals surface area contributed by atoms with Gasteiger partial charge in [-0.2, -0.15) is 0 Å². The van der Waals surface area contributed by atoms with Crippen molar-refractivity contribution in [2.75, 3.05) is 13.1 Å². The van der Waals surface area contributed by atoms with E-state index in [9.17, 15) is 9.59 Å². The molecule has 2 saturated heterocycles. The summed E-state index contributed by atoms with van der Waals surface area (Å²) in [6.45, 7) is 3.48. The van der Waals surface area contributed by atoms with Gasteiger partial charge in [0.1, 0.15) is 6.10 Å². The van der Waals surface area contributed by atoms with Crippen molar-refractivity contribution in [3.63, 3.8) is 0 Å². The minimum atomic E-state index is -0.753. The van der Waals surface area contributed by atoms with Crippen molar-refractivity contribution < 1.29 is 19.4 Å². The first kappa shape index (κ1) is 14.3. The van der Waals surface area contributed by atoms with Crippen molar-refractivity contribution >= 4 is 11.9 Å². The molecule has 2 fully saturated rings. The zero-order valence-corrected chi connectivity index (χ0v) is 11.5. The van der Waals surface area contributed by atoms with Gasteiger partial charge in [-0.15, -0.1) is 0 Å². The first-order valence-corrected chi connectivity index (χ1v) is 7.22. The van der Waals surface area contributed by atoms with Crippen LogP contribution in [0.4, 0.5) is 0 Å². The Hall–Kier alpha value is -1.10. The van der Waals surface area contributed by atoms with E-state index in [0.717, 1.165) is 32.2 Å². The number of carbonyl (C=O) groups is 2. The summed E-state index contributed by atoms with van der Waals surface area (Å²) in [5, 5.41) is 8.72. The second-order valence-electron chi connectivity index (χ2n) is 5.74. The second-order valence-corrected chi connectivity index (χ2v) is 5.74. The van der Waals surface area contributed by atoms with Crippen molar-refractivity contribution in [1.82, 2.24) is 4.90 Å². The highest BCUT2D eigenvalue weighted by molar-refractivity contribution is 5.81. The van der Waals surface area contributed by atoms with Gasteiger partial charge in [0.05, 0.1) is 6.10 Å². The Morgan fingerprint density at radius 3 is 2.74 bits per heavy atom. The molecule has 0 radical (unpaired) electrons. The number of piperidine rings is 1. The largest absolute Gasteiger partial charge is 0.481 e. The average molecular weight is 269 g/mol. The lowest BCUT2D eigenvalue weighted by molar-refractivity contribution is -0.144. The summed E-state index contributed by atoms with van der Waals surface area (Å²) >= 11 is 0. The number of carboxylic acids is 1. The van der Waals surface area contributed by atoms with Crippen LogP contribution in [0.3, 0.4) is 0 Å². The number of ether oxygens (including phenoxy) is 1. The van der Waals surface area contributed by atoms with Crippen LogP contribution in [0.1, 0.15) is 45.4 Å². The van der Waals surface area contributed by atoms with Gasteiger partial charge < -0.3 is 14.7 Å². The normalized spacial score (nSPS) is 31.4. The van der Waals surface area contributed by atoms with E-state index in [0.29, 0.717) is 18.9 Å². The van der Waals surface area contributed by atoms with Crippen LogP contribution >= 0.6 is 0 Å². The van der Waals surface area contributed by atoms with E-state index >= 15 is 0 Å². The van der Waals surface area contributed by atoms with E-state index in [1.165, 1.54) is 0 Å². The van der Waals surface area contributed by atoms with Crippen molar-refractivity contribution in [1.29, 1.82) is 0 Å². The molecular formula is C14H23NO4. The number of carboxylic acid groups (broad SMARTS) is 1. The van der Waals surface area contributed by atoms with Gasteiger partial charge in [0, 0.05) is 19.5 Å². The summed E-state index contributed by atoms with van der Waals surface area (Å²) in [5.41, 5.74) is 0. The molecule has 0 saturated carbocycles. The van der Waals surface area contributed by atoms with Crippen molar-refractivity contribution in [2.24, 2.45) is 5.92 Å². The monoisotopic (exact) mass is 269 g/mol. The molecule has 108 valence electrons. The lowest BCUT2D eigenvalue weighted by Gasteiger charge is -2.34. The summed E-state index contributed by atoms with van der Waals surface area (Å²) in [4.78, 5) is 24.8. The van der Waals surface area contributed by atoms with E-state index in [4.69, 9.17) is 9.84 Å². The molecule has 2 heterocycles. The third-order valence-corrected chi connectivity index (χ3v) is 4.10. The van der Waals surface area contributed by atoms with E-state index in [2.05, 4.69) is 0 Å². The molecule has 0 spiro atoms. The topological polar surface area (TPSA) is 66.8 Å². The summed E-state index contributed by atoms with van der Waals surface area (Å²) in [6.07, 6.45) is 4.54. The summed E-state index contributed by atoms with van der Waals surface area (Å²) in [7, 11) is 0. The fourth-order valence-electron chi connectivity index (χ4n) is 3.02. The second kappa shape index (κ2) is 6.37. The van der Waals surface area contributed by atoms with E-state index in [-0.39, 0.29) is 24.5 Å². The number of likely N-dealkylation sites (tertiary alicyclic amines) is 1. The minimum Gasteiger partial charge on any atom is -0.481 e. The number of aliphatic carboxylic acids is 1. The van der Waals surface area contributed by atoms with Crippen LogP contribution in [-0.2, 0) is 14.3 Å². The molecule has 1 N–H and O–H groups in total. The molecule has 19 heavy (non-hydrogen) atoms. The van der Waals surface area contributed by atoms with E-state index in [1.807, 2.05) is 11.8 Å². The number of amides is 1. The molecule has 0 bridgehead atoms. The smallest absolute Gasteiger partial charge is 0.303 e. The molecule has 5 nitrogen and oxygen atoms in total. The molecule has 2 aliphatic heterocycles. The summed E-state index contributed by atoms with van der Waals surface area (Å²) in [6, 6.07) is 0. The third kappa shape index (κ3) is 3.93. The van der Waals surface area contributed by atoms with Crippen LogP contribution in [0.25, 0.3) is 0 Å². The molecule has 2 aliphatic rings. The molecule has 0 aromatic heterocycles. The maximum Gasteiger partial charge on any atom is 0.303 e. The van der Waals surface area contributed by atoms with Crippen LogP contribution in [0, 0.1) is 5.92 Å². The summed E-state index contributed by atoms with van der Waals surface area (Å²) in [5.74, 6) is -0.326. The van der Waals surface area contributed by atoms with Crippen LogP contribution in [0.2, 0.25) is 0 Å². The Morgan fingerprint density at radius 1 is 1.32 bits per heavy atom.